The molecule has 2 aliphatic rings. The molecule has 3 nitrogen and oxygen atoms in total. The third-order valence-corrected chi connectivity index (χ3v) is 4.39. The fraction of sp³-hybridized carbons (Fsp3) is 0.647. The molecule has 1 fully saturated rings. The lowest BCUT2D eigenvalue weighted by Gasteiger charge is -2.23. The van der Waals surface area contributed by atoms with Gasteiger partial charge in [0, 0.05) is 0 Å². The molecular formula is C17H24O3. The van der Waals surface area contributed by atoms with Crippen LogP contribution in [0.25, 0.3) is 0 Å². The molecule has 0 radical (unpaired) electrons. The van der Waals surface area contributed by atoms with Crippen molar-refractivity contribution in [3.05, 3.63) is 29.3 Å². The molecule has 20 heavy (non-hydrogen) atoms. The van der Waals surface area contributed by atoms with E-state index >= 15 is 0 Å². The minimum Gasteiger partial charge on any atom is -0.491 e. The highest BCUT2D eigenvalue weighted by Gasteiger charge is 2.32. The predicted octanol–water partition coefficient (Wildman–Crippen LogP) is 3.39. The molecule has 3 rings (SSSR count). The summed E-state index contributed by atoms with van der Waals surface area (Å²) in [6.07, 6.45) is 4.99. The van der Waals surface area contributed by atoms with E-state index in [0.29, 0.717) is 6.61 Å². The van der Waals surface area contributed by atoms with Crippen LogP contribution in [0.15, 0.2) is 18.2 Å². The Hall–Kier alpha value is -1.06. The Morgan fingerprint density at radius 3 is 2.95 bits per heavy atom. The van der Waals surface area contributed by atoms with Gasteiger partial charge in [-0.2, -0.15) is 0 Å². The van der Waals surface area contributed by atoms with Crippen molar-refractivity contribution in [1.82, 2.24) is 0 Å². The van der Waals surface area contributed by atoms with Crippen LogP contribution in [-0.4, -0.2) is 23.4 Å². The number of rotatable bonds is 3. The molecule has 1 unspecified atom stereocenters. The Bertz CT molecular complexity index is 481. The molecule has 0 spiro atoms. The van der Waals surface area contributed by atoms with Gasteiger partial charge in [0.25, 0.3) is 0 Å². The smallest absolute Gasteiger partial charge is 0.119 e. The number of hydrogen-bond acceptors (Lipinski definition) is 3. The van der Waals surface area contributed by atoms with Gasteiger partial charge in [-0.3, -0.25) is 0 Å². The van der Waals surface area contributed by atoms with Crippen molar-refractivity contribution >= 4 is 0 Å². The molecular weight excluding hydrogens is 252 g/mol. The molecule has 1 aliphatic heterocycles. The van der Waals surface area contributed by atoms with E-state index in [9.17, 15) is 5.11 Å². The summed E-state index contributed by atoms with van der Waals surface area (Å²) in [5, 5.41) is 10.1. The molecule has 1 aromatic carbocycles. The standard InChI is InChI=1S/C17H24O3/c1-17(2)9-8-14(20-17)11-19-13-7-6-12-4-3-5-16(18)15(12)10-13/h6-7,10,14,16,18H,3-5,8-9,11H2,1-2H3/t14?,16-/m0/s1. The summed E-state index contributed by atoms with van der Waals surface area (Å²) in [4.78, 5) is 0. The topological polar surface area (TPSA) is 38.7 Å². The Labute approximate surface area is 120 Å². The summed E-state index contributed by atoms with van der Waals surface area (Å²) in [6.45, 7) is 4.85. The minimum absolute atomic E-state index is 0.0138. The van der Waals surface area contributed by atoms with E-state index in [4.69, 9.17) is 9.47 Å². The fourth-order valence-electron chi connectivity index (χ4n) is 3.23. The van der Waals surface area contributed by atoms with Crippen molar-refractivity contribution in [2.45, 2.75) is 63.8 Å². The first-order valence-corrected chi connectivity index (χ1v) is 7.65. The van der Waals surface area contributed by atoms with Crippen molar-refractivity contribution < 1.29 is 14.6 Å². The highest BCUT2D eigenvalue weighted by atomic mass is 16.6. The maximum absolute atomic E-state index is 10.1. The van der Waals surface area contributed by atoms with Crippen LogP contribution >= 0.6 is 0 Å². The SMILES string of the molecule is CC1(C)CCC(COc2ccc3c(c2)[C@@H](O)CCC3)O1. The number of fused-ring (bicyclic) bond motifs is 1. The molecule has 1 aliphatic carbocycles. The van der Waals surface area contributed by atoms with E-state index in [2.05, 4.69) is 19.9 Å². The van der Waals surface area contributed by atoms with Crippen LogP contribution in [-0.2, 0) is 11.2 Å². The largest absolute Gasteiger partial charge is 0.491 e. The Morgan fingerprint density at radius 2 is 2.20 bits per heavy atom. The van der Waals surface area contributed by atoms with E-state index < -0.39 is 0 Å². The quantitative estimate of drug-likeness (QED) is 0.919. The van der Waals surface area contributed by atoms with Crippen molar-refractivity contribution in [2.24, 2.45) is 0 Å². The molecule has 0 bridgehead atoms. The summed E-state index contributed by atoms with van der Waals surface area (Å²) in [7, 11) is 0. The molecule has 0 amide bonds. The van der Waals surface area contributed by atoms with Gasteiger partial charge in [0.2, 0.25) is 0 Å². The molecule has 3 heteroatoms. The number of ether oxygens (including phenoxy) is 2. The maximum atomic E-state index is 10.1. The van der Waals surface area contributed by atoms with E-state index in [1.54, 1.807) is 0 Å². The average molecular weight is 276 g/mol. The van der Waals surface area contributed by atoms with Crippen LogP contribution in [0.4, 0.5) is 0 Å². The molecule has 1 heterocycles. The third-order valence-electron chi connectivity index (χ3n) is 4.39. The monoisotopic (exact) mass is 276 g/mol. The van der Waals surface area contributed by atoms with Gasteiger partial charge < -0.3 is 14.6 Å². The molecule has 1 aromatic rings. The summed E-state index contributed by atoms with van der Waals surface area (Å²) >= 11 is 0. The second-order valence-electron chi connectivity index (χ2n) is 6.62. The number of aryl methyl sites for hydroxylation is 1. The van der Waals surface area contributed by atoms with E-state index in [0.717, 1.165) is 43.4 Å². The normalized spacial score (nSPS) is 28.1. The molecule has 110 valence electrons. The Morgan fingerprint density at radius 1 is 1.35 bits per heavy atom. The first-order chi connectivity index (χ1) is 9.53. The van der Waals surface area contributed by atoms with Crippen LogP contribution < -0.4 is 4.74 Å². The third kappa shape index (κ3) is 2.99. The van der Waals surface area contributed by atoms with Crippen LogP contribution in [0.5, 0.6) is 5.75 Å². The van der Waals surface area contributed by atoms with Gasteiger partial charge in [0.1, 0.15) is 12.4 Å². The second-order valence-corrected chi connectivity index (χ2v) is 6.62. The maximum Gasteiger partial charge on any atom is 0.119 e. The molecule has 2 atom stereocenters. The van der Waals surface area contributed by atoms with Gasteiger partial charge >= 0.3 is 0 Å². The molecule has 1 N–H and O–H groups in total. The highest BCUT2D eigenvalue weighted by Crippen LogP contribution is 2.33. The predicted molar refractivity (Wildman–Crippen MR) is 78.0 cm³/mol. The number of aliphatic hydroxyl groups is 1. The summed E-state index contributed by atoms with van der Waals surface area (Å²) < 4.78 is 11.8. The summed E-state index contributed by atoms with van der Waals surface area (Å²) in [5.74, 6) is 0.845. The summed E-state index contributed by atoms with van der Waals surface area (Å²) in [6, 6.07) is 6.10. The molecule has 0 saturated carbocycles. The molecule has 1 saturated heterocycles. The van der Waals surface area contributed by atoms with Gasteiger partial charge in [-0.1, -0.05) is 6.07 Å². The zero-order chi connectivity index (χ0) is 14.2. The first-order valence-electron chi connectivity index (χ1n) is 7.65. The summed E-state index contributed by atoms with van der Waals surface area (Å²) in [5.41, 5.74) is 2.29. The lowest BCUT2D eigenvalue weighted by atomic mass is 9.89. The van der Waals surface area contributed by atoms with E-state index in [1.807, 2.05) is 12.1 Å². The van der Waals surface area contributed by atoms with Crippen LogP contribution in [0.2, 0.25) is 0 Å². The number of hydrogen-bond donors (Lipinski definition) is 1. The van der Waals surface area contributed by atoms with Crippen LogP contribution in [0.1, 0.15) is 56.8 Å². The zero-order valence-corrected chi connectivity index (χ0v) is 12.4. The van der Waals surface area contributed by atoms with Crippen molar-refractivity contribution in [3.8, 4) is 5.75 Å². The van der Waals surface area contributed by atoms with Crippen molar-refractivity contribution in [3.63, 3.8) is 0 Å². The number of aliphatic hydroxyl groups excluding tert-OH is 1. The van der Waals surface area contributed by atoms with Gasteiger partial charge in [-0.15, -0.1) is 0 Å². The first kappa shape index (κ1) is 13.9. The molecule has 0 aromatic heterocycles. The lowest BCUT2D eigenvalue weighted by Crippen LogP contribution is -2.24. The highest BCUT2D eigenvalue weighted by molar-refractivity contribution is 5.38. The average Bonchev–Trinajstić information content (AvgIpc) is 2.77. The van der Waals surface area contributed by atoms with Gasteiger partial charge in [-0.05, 0) is 69.2 Å². The van der Waals surface area contributed by atoms with E-state index in [-0.39, 0.29) is 17.8 Å². The Balaban J connectivity index is 1.62. The second kappa shape index (κ2) is 5.38. The van der Waals surface area contributed by atoms with Gasteiger partial charge in [0.15, 0.2) is 0 Å². The fourth-order valence-corrected chi connectivity index (χ4v) is 3.23. The van der Waals surface area contributed by atoms with Gasteiger partial charge in [-0.25, -0.2) is 0 Å². The number of benzene rings is 1. The van der Waals surface area contributed by atoms with E-state index in [1.165, 1.54) is 5.56 Å². The van der Waals surface area contributed by atoms with Crippen LogP contribution in [0.3, 0.4) is 0 Å². The zero-order valence-electron chi connectivity index (χ0n) is 12.4. The minimum atomic E-state index is -0.330. The van der Waals surface area contributed by atoms with Crippen molar-refractivity contribution in [2.75, 3.05) is 6.61 Å². The van der Waals surface area contributed by atoms with Crippen LogP contribution in [0, 0.1) is 0 Å². The van der Waals surface area contributed by atoms with Gasteiger partial charge in [0.05, 0.1) is 17.8 Å². The van der Waals surface area contributed by atoms with Crippen molar-refractivity contribution in [1.29, 1.82) is 0 Å². The lowest BCUT2D eigenvalue weighted by molar-refractivity contribution is -0.0326. The Kier molecular flexibility index (Phi) is 3.74.